The van der Waals surface area contributed by atoms with Crippen molar-refractivity contribution in [3.05, 3.63) is 29.8 Å². The summed E-state index contributed by atoms with van der Waals surface area (Å²) in [6, 6.07) is 2.95. The fraction of sp³-hybridized carbons (Fsp3) is 0.500. The molecular formula is C18H24N2O7S. The molecule has 1 aromatic rings. The molecule has 0 radical (unpaired) electrons. The highest BCUT2D eigenvalue weighted by Gasteiger charge is 2.57. The molecule has 2 rings (SSSR count). The number of aryl methyl sites for hydroxylation is 1. The Balaban J connectivity index is 2.16. The van der Waals surface area contributed by atoms with E-state index in [2.05, 4.69) is 5.32 Å². The van der Waals surface area contributed by atoms with Crippen molar-refractivity contribution < 1.29 is 32.3 Å². The van der Waals surface area contributed by atoms with Crippen LogP contribution in [0.1, 0.15) is 26.3 Å². The maximum atomic E-state index is 12.8. The zero-order valence-corrected chi connectivity index (χ0v) is 17.0. The van der Waals surface area contributed by atoms with E-state index in [0.717, 1.165) is 9.87 Å². The Kier molecular flexibility index (Phi) is 6.78. The third-order valence-electron chi connectivity index (χ3n) is 4.24. The first-order valence-corrected chi connectivity index (χ1v) is 10.3. The molecule has 1 N–H and O–H groups in total. The summed E-state index contributed by atoms with van der Waals surface area (Å²) in [5.41, 5.74) is 0.902. The molecule has 1 aliphatic heterocycles. The molecule has 3 atom stereocenters. The third kappa shape index (κ3) is 4.50. The van der Waals surface area contributed by atoms with Gasteiger partial charge in [-0.05, 0) is 39.8 Å². The number of ether oxygens (including phenoxy) is 2. The maximum Gasteiger partial charge on any atom is 0.340 e. The van der Waals surface area contributed by atoms with Crippen LogP contribution in [0.4, 0.5) is 0 Å². The summed E-state index contributed by atoms with van der Waals surface area (Å²) in [6.45, 7) is 6.54. The van der Waals surface area contributed by atoms with Gasteiger partial charge < -0.3 is 14.8 Å². The Morgan fingerprint density at radius 1 is 1.07 bits per heavy atom. The van der Waals surface area contributed by atoms with E-state index in [1.165, 1.54) is 12.1 Å². The fourth-order valence-electron chi connectivity index (χ4n) is 2.75. The van der Waals surface area contributed by atoms with E-state index < -0.39 is 46.0 Å². The number of amides is 1. The molecule has 0 aromatic heterocycles. The van der Waals surface area contributed by atoms with Crippen molar-refractivity contribution in [1.29, 1.82) is 0 Å². The SMILES string of the molecule is CCOC(=O)C(NC(=O)[C@H]1[C@H](C)N1S(=O)(=O)c1ccc(C)cc1)C(=O)OCC. The standard InChI is InChI=1S/C18H24N2O7S/c1-5-26-17(22)14(18(23)27-6-2)19-16(21)15-12(4)20(15)28(24,25)13-9-7-11(3)8-10-13/h7-10,12,14-15H,5-6H2,1-4H3,(H,19,21)/t12-,15+,20?/m0/s1. The highest BCUT2D eigenvalue weighted by Crippen LogP contribution is 2.35. The predicted octanol–water partition coefficient (Wildman–Crippen LogP) is 0.367. The predicted molar refractivity (Wildman–Crippen MR) is 98.7 cm³/mol. The van der Waals surface area contributed by atoms with Crippen LogP contribution >= 0.6 is 0 Å². The molecule has 1 amide bonds. The van der Waals surface area contributed by atoms with Gasteiger partial charge >= 0.3 is 11.9 Å². The van der Waals surface area contributed by atoms with Crippen LogP contribution in [0.5, 0.6) is 0 Å². The number of esters is 2. The van der Waals surface area contributed by atoms with Crippen LogP contribution < -0.4 is 5.32 Å². The molecule has 0 spiro atoms. The Morgan fingerprint density at radius 3 is 2.04 bits per heavy atom. The summed E-state index contributed by atoms with van der Waals surface area (Å²) in [5, 5.41) is 2.25. The Bertz CT molecular complexity index is 833. The van der Waals surface area contributed by atoms with Crippen LogP contribution in [-0.2, 0) is 33.9 Å². The molecule has 1 aliphatic rings. The quantitative estimate of drug-likeness (QED) is 0.372. The molecule has 10 heteroatoms. The Hall–Kier alpha value is -2.46. The van der Waals surface area contributed by atoms with Crippen molar-refractivity contribution in [2.45, 2.75) is 50.7 Å². The van der Waals surface area contributed by atoms with Gasteiger partial charge in [-0.2, -0.15) is 4.31 Å². The molecule has 1 saturated heterocycles. The first kappa shape index (κ1) is 21.8. The van der Waals surface area contributed by atoms with Crippen molar-refractivity contribution in [1.82, 2.24) is 9.62 Å². The van der Waals surface area contributed by atoms with Gasteiger partial charge in [0, 0.05) is 6.04 Å². The van der Waals surface area contributed by atoms with Gasteiger partial charge in [0.25, 0.3) is 0 Å². The molecule has 1 fully saturated rings. The van der Waals surface area contributed by atoms with E-state index in [0.29, 0.717) is 0 Å². The summed E-state index contributed by atoms with van der Waals surface area (Å²) in [5.74, 6) is -2.69. The number of nitrogens with zero attached hydrogens (tertiary/aromatic N) is 1. The van der Waals surface area contributed by atoms with Gasteiger partial charge in [0.05, 0.1) is 18.1 Å². The monoisotopic (exact) mass is 412 g/mol. The summed E-state index contributed by atoms with van der Waals surface area (Å²) < 4.78 is 36.1. The van der Waals surface area contributed by atoms with Crippen molar-refractivity contribution in [3.8, 4) is 0 Å². The van der Waals surface area contributed by atoms with Gasteiger partial charge in [-0.25, -0.2) is 18.0 Å². The van der Waals surface area contributed by atoms with Gasteiger partial charge in [0.1, 0.15) is 6.04 Å². The number of rotatable bonds is 8. The van der Waals surface area contributed by atoms with E-state index >= 15 is 0 Å². The summed E-state index contributed by atoms with van der Waals surface area (Å²) in [4.78, 5) is 36.6. The van der Waals surface area contributed by atoms with Gasteiger partial charge in [-0.1, -0.05) is 17.7 Å². The minimum atomic E-state index is -3.88. The summed E-state index contributed by atoms with van der Waals surface area (Å²) >= 11 is 0. The molecule has 1 aromatic carbocycles. The Morgan fingerprint density at radius 2 is 1.57 bits per heavy atom. The highest BCUT2D eigenvalue weighted by molar-refractivity contribution is 7.89. The second kappa shape index (κ2) is 8.70. The van der Waals surface area contributed by atoms with E-state index in [9.17, 15) is 22.8 Å². The molecule has 9 nitrogen and oxygen atoms in total. The smallest absolute Gasteiger partial charge is 0.340 e. The number of nitrogens with one attached hydrogen (secondary N) is 1. The second-order valence-electron chi connectivity index (χ2n) is 6.28. The number of sulfonamides is 1. The number of hydrogen-bond donors (Lipinski definition) is 1. The molecule has 1 heterocycles. The van der Waals surface area contributed by atoms with E-state index in [4.69, 9.17) is 9.47 Å². The Labute approximate surface area is 164 Å². The molecule has 0 bridgehead atoms. The van der Waals surface area contributed by atoms with Crippen LogP contribution in [0.2, 0.25) is 0 Å². The molecular weight excluding hydrogens is 388 g/mol. The van der Waals surface area contributed by atoms with Crippen LogP contribution in [0.15, 0.2) is 29.2 Å². The fourth-order valence-corrected chi connectivity index (χ4v) is 4.54. The molecule has 0 saturated carbocycles. The topological polar surface area (TPSA) is 119 Å². The number of hydrogen-bond acceptors (Lipinski definition) is 7. The lowest BCUT2D eigenvalue weighted by molar-refractivity contribution is -0.159. The first-order valence-electron chi connectivity index (χ1n) is 8.89. The lowest BCUT2D eigenvalue weighted by Crippen LogP contribution is -2.50. The van der Waals surface area contributed by atoms with Gasteiger partial charge in [0.2, 0.25) is 22.0 Å². The second-order valence-corrected chi connectivity index (χ2v) is 8.12. The minimum Gasteiger partial charge on any atom is -0.464 e. The average Bonchev–Trinajstić information content (AvgIpc) is 3.32. The van der Waals surface area contributed by atoms with E-state index in [1.54, 1.807) is 32.9 Å². The largest absolute Gasteiger partial charge is 0.464 e. The van der Waals surface area contributed by atoms with Crippen LogP contribution in [0, 0.1) is 6.92 Å². The zero-order valence-electron chi connectivity index (χ0n) is 16.2. The molecule has 1 unspecified atom stereocenters. The van der Waals surface area contributed by atoms with Gasteiger partial charge in [-0.15, -0.1) is 0 Å². The minimum absolute atomic E-state index is 0.0123. The number of benzene rings is 1. The normalized spacial score (nSPS) is 21.1. The summed E-state index contributed by atoms with van der Waals surface area (Å²) in [7, 11) is -3.88. The van der Waals surface area contributed by atoms with Gasteiger partial charge in [0.15, 0.2) is 0 Å². The lowest BCUT2D eigenvalue weighted by atomic mass is 10.2. The first-order chi connectivity index (χ1) is 13.1. The maximum absolute atomic E-state index is 12.8. The van der Waals surface area contributed by atoms with Crippen LogP contribution in [0.25, 0.3) is 0 Å². The zero-order chi connectivity index (χ0) is 21.1. The highest BCUT2D eigenvalue weighted by atomic mass is 32.2. The van der Waals surface area contributed by atoms with Gasteiger partial charge in [-0.3, -0.25) is 4.79 Å². The number of carbonyl (C=O) groups excluding carboxylic acids is 3. The van der Waals surface area contributed by atoms with E-state index in [-0.39, 0.29) is 18.1 Å². The molecule has 28 heavy (non-hydrogen) atoms. The van der Waals surface area contributed by atoms with Crippen molar-refractivity contribution in [2.75, 3.05) is 13.2 Å². The van der Waals surface area contributed by atoms with Crippen molar-refractivity contribution in [2.24, 2.45) is 0 Å². The van der Waals surface area contributed by atoms with E-state index in [1.807, 2.05) is 6.92 Å². The summed E-state index contributed by atoms with van der Waals surface area (Å²) in [6.07, 6.45) is 0. The lowest BCUT2D eigenvalue weighted by Gasteiger charge is -2.16. The third-order valence-corrected chi connectivity index (χ3v) is 6.22. The van der Waals surface area contributed by atoms with Crippen molar-refractivity contribution in [3.63, 3.8) is 0 Å². The average molecular weight is 412 g/mol. The molecule has 0 aliphatic carbocycles. The van der Waals surface area contributed by atoms with Crippen molar-refractivity contribution >= 4 is 27.9 Å². The number of carbonyl (C=O) groups is 3. The van der Waals surface area contributed by atoms with Crippen LogP contribution in [-0.4, -0.2) is 61.9 Å². The van der Waals surface area contributed by atoms with Crippen LogP contribution in [0.3, 0.4) is 0 Å². The molecule has 154 valence electrons.